The molecule has 1 aliphatic carbocycles. The first-order valence-electron chi connectivity index (χ1n) is 8.43. The van der Waals surface area contributed by atoms with Crippen molar-refractivity contribution in [3.8, 4) is 0 Å². The predicted molar refractivity (Wildman–Crippen MR) is 90.7 cm³/mol. The van der Waals surface area contributed by atoms with Gasteiger partial charge in [-0.3, -0.25) is 24.5 Å². The second-order valence-corrected chi connectivity index (χ2v) is 6.68. The van der Waals surface area contributed by atoms with E-state index in [0.29, 0.717) is 10.6 Å². The lowest BCUT2D eigenvalue weighted by molar-refractivity contribution is -0.384. The summed E-state index contributed by atoms with van der Waals surface area (Å²) >= 11 is 0. The number of non-ortho nitro benzene ring substituents is 1. The summed E-state index contributed by atoms with van der Waals surface area (Å²) in [5.74, 6) is -2.48. The first kappa shape index (κ1) is 18.6. The smallest absolute Gasteiger partial charge is 0.428 e. The Morgan fingerprint density at radius 3 is 2.07 bits per heavy atom. The number of nitro benzene ring substituents is 1. The molecule has 1 fully saturated rings. The quantitative estimate of drug-likeness (QED) is 0.261. The summed E-state index contributed by atoms with van der Waals surface area (Å²) in [7, 11) is 0. The summed E-state index contributed by atoms with van der Waals surface area (Å²) < 4.78 is 4.90. The number of nitrogens with zero attached hydrogens (tertiary/aromatic N) is 2. The Kier molecular flexibility index (Phi) is 4.93. The minimum Gasteiger partial charge on any atom is -0.428 e. The lowest BCUT2D eigenvalue weighted by Gasteiger charge is -2.27. The number of ether oxygens (including phenoxy) is 1. The second-order valence-electron chi connectivity index (χ2n) is 6.68. The summed E-state index contributed by atoms with van der Waals surface area (Å²) in [6.45, 7) is 3.46. The van der Waals surface area contributed by atoms with Gasteiger partial charge in [0.2, 0.25) is 0 Å². The van der Waals surface area contributed by atoms with E-state index in [1.165, 1.54) is 24.3 Å². The van der Waals surface area contributed by atoms with Crippen LogP contribution in [0.5, 0.6) is 0 Å². The molecule has 1 saturated heterocycles. The predicted octanol–water partition coefficient (Wildman–Crippen LogP) is 2.61. The van der Waals surface area contributed by atoms with E-state index in [0.717, 1.165) is 0 Å². The van der Waals surface area contributed by atoms with Crippen LogP contribution < -0.4 is 0 Å². The molecule has 2 aliphatic rings. The number of rotatable bonds is 4. The van der Waals surface area contributed by atoms with E-state index in [4.69, 9.17) is 9.57 Å². The number of amides is 2. The van der Waals surface area contributed by atoms with Gasteiger partial charge in [-0.25, -0.2) is 4.79 Å². The van der Waals surface area contributed by atoms with Crippen LogP contribution in [-0.2, 0) is 25.8 Å². The van der Waals surface area contributed by atoms with Gasteiger partial charge in [-0.2, -0.15) is 0 Å². The summed E-state index contributed by atoms with van der Waals surface area (Å²) in [6, 6.07) is 5.42. The maximum atomic E-state index is 12.5. The number of carbonyl (C=O) groups is 3. The third-order valence-corrected chi connectivity index (χ3v) is 4.88. The van der Waals surface area contributed by atoms with Crippen molar-refractivity contribution in [2.24, 2.45) is 23.7 Å². The Bertz CT molecular complexity index is 788. The van der Waals surface area contributed by atoms with Gasteiger partial charge in [0.15, 0.2) is 0 Å². The zero-order valence-corrected chi connectivity index (χ0v) is 14.7. The second kappa shape index (κ2) is 7.18. The van der Waals surface area contributed by atoms with E-state index in [9.17, 15) is 24.5 Å². The molecule has 0 spiro atoms. The molecular weight excluding hydrogens is 356 g/mol. The summed E-state index contributed by atoms with van der Waals surface area (Å²) in [5.41, 5.74) is 0.408. The van der Waals surface area contributed by atoms with Crippen LogP contribution in [0.4, 0.5) is 10.5 Å². The molecule has 0 aromatic heterocycles. The number of imide groups is 1. The fraction of sp³-hybridized carbons (Fsp3) is 0.389. The van der Waals surface area contributed by atoms with Crippen molar-refractivity contribution in [1.29, 1.82) is 0 Å². The highest BCUT2D eigenvalue weighted by atomic mass is 16.8. The fourth-order valence-corrected chi connectivity index (χ4v) is 3.43. The first-order valence-corrected chi connectivity index (χ1v) is 8.43. The average Bonchev–Trinajstić information content (AvgIpc) is 2.89. The summed E-state index contributed by atoms with van der Waals surface area (Å²) in [6.07, 6.45) is 2.57. The molecule has 1 heterocycles. The van der Waals surface area contributed by atoms with Crippen molar-refractivity contribution in [2.75, 3.05) is 0 Å². The van der Waals surface area contributed by atoms with E-state index in [2.05, 4.69) is 0 Å². The molecule has 27 heavy (non-hydrogen) atoms. The fourth-order valence-electron chi connectivity index (χ4n) is 3.43. The molecular formula is C18H18N2O7. The number of hydroxylamine groups is 2. The van der Waals surface area contributed by atoms with Gasteiger partial charge in [0.05, 0.1) is 16.8 Å². The van der Waals surface area contributed by atoms with E-state index >= 15 is 0 Å². The van der Waals surface area contributed by atoms with Crippen LogP contribution in [0.1, 0.15) is 19.4 Å². The van der Waals surface area contributed by atoms with E-state index in [1.54, 1.807) is 0 Å². The summed E-state index contributed by atoms with van der Waals surface area (Å²) in [5, 5.41) is 11.1. The molecule has 0 radical (unpaired) electrons. The van der Waals surface area contributed by atoms with Crippen LogP contribution in [0.3, 0.4) is 0 Å². The van der Waals surface area contributed by atoms with Gasteiger partial charge in [-0.05, 0) is 29.5 Å². The van der Waals surface area contributed by atoms with Crippen molar-refractivity contribution in [3.05, 3.63) is 52.1 Å². The van der Waals surface area contributed by atoms with E-state index in [-0.39, 0.29) is 24.1 Å². The number of hydrogen-bond donors (Lipinski definition) is 0. The van der Waals surface area contributed by atoms with Crippen LogP contribution in [0.2, 0.25) is 0 Å². The lowest BCUT2D eigenvalue weighted by Crippen LogP contribution is -2.34. The Morgan fingerprint density at radius 2 is 1.59 bits per heavy atom. The normalized spacial score (nSPS) is 26.7. The molecule has 3 rings (SSSR count). The molecule has 0 saturated carbocycles. The maximum absolute atomic E-state index is 12.5. The first-order chi connectivity index (χ1) is 12.8. The third-order valence-electron chi connectivity index (χ3n) is 4.88. The minimum atomic E-state index is -1.19. The topological polar surface area (TPSA) is 116 Å². The number of nitro groups is 1. The van der Waals surface area contributed by atoms with Crippen molar-refractivity contribution >= 4 is 23.7 Å². The largest absolute Gasteiger partial charge is 0.534 e. The van der Waals surface area contributed by atoms with Crippen LogP contribution >= 0.6 is 0 Å². The molecule has 9 nitrogen and oxygen atoms in total. The van der Waals surface area contributed by atoms with Crippen molar-refractivity contribution in [3.63, 3.8) is 0 Å². The Balaban J connectivity index is 1.60. The van der Waals surface area contributed by atoms with Crippen molar-refractivity contribution in [2.45, 2.75) is 20.5 Å². The molecule has 9 heteroatoms. The number of carbonyl (C=O) groups excluding carboxylic acids is 3. The Labute approximate surface area is 154 Å². The van der Waals surface area contributed by atoms with Gasteiger partial charge in [0.1, 0.15) is 6.61 Å². The average molecular weight is 374 g/mol. The van der Waals surface area contributed by atoms with Crippen LogP contribution in [-0.4, -0.2) is 28.0 Å². The van der Waals surface area contributed by atoms with Crippen LogP contribution in [0, 0.1) is 33.8 Å². The molecule has 2 amide bonds. The molecule has 0 N–H and O–H groups in total. The lowest BCUT2D eigenvalue weighted by atomic mass is 9.73. The standard InChI is InChI=1S/C18H18N2O7/c1-10-3-4-11(2)15-14(10)16(21)19(17(15)22)27-18(23)26-9-12-5-7-13(8-6-12)20(24)25/h3-8,10-11,14-15H,9H2,1-2H3/t10-,11?,14-,15+/m1/s1. The highest BCUT2D eigenvalue weighted by molar-refractivity contribution is 6.05. The monoisotopic (exact) mass is 374 g/mol. The SMILES string of the molecule is CC1C=C[C@@H](C)[C@H]2C(=O)N(OC(=O)OCc3ccc([N+](=O)[O-])cc3)C(=O)[C@@H]12. The van der Waals surface area contributed by atoms with Gasteiger partial charge in [0, 0.05) is 12.1 Å². The zero-order chi connectivity index (χ0) is 19.7. The minimum absolute atomic E-state index is 0.0889. The van der Waals surface area contributed by atoms with Gasteiger partial charge >= 0.3 is 6.16 Å². The van der Waals surface area contributed by atoms with E-state index in [1.807, 2.05) is 26.0 Å². The molecule has 1 aromatic carbocycles. The Hall–Kier alpha value is -3.23. The van der Waals surface area contributed by atoms with Gasteiger partial charge in [-0.15, -0.1) is 0 Å². The molecule has 142 valence electrons. The van der Waals surface area contributed by atoms with Gasteiger partial charge in [-0.1, -0.05) is 31.1 Å². The highest BCUT2D eigenvalue weighted by Crippen LogP contribution is 2.41. The van der Waals surface area contributed by atoms with Crippen molar-refractivity contribution in [1.82, 2.24) is 5.06 Å². The zero-order valence-electron chi connectivity index (χ0n) is 14.7. The third kappa shape index (κ3) is 3.53. The number of allylic oxidation sites excluding steroid dienone is 2. The number of benzene rings is 1. The number of hydrogen-bond acceptors (Lipinski definition) is 7. The van der Waals surface area contributed by atoms with Gasteiger partial charge < -0.3 is 4.74 Å². The maximum Gasteiger partial charge on any atom is 0.534 e. The molecule has 1 aromatic rings. The molecule has 0 bridgehead atoms. The summed E-state index contributed by atoms with van der Waals surface area (Å²) in [4.78, 5) is 51.8. The van der Waals surface area contributed by atoms with Crippen LogP contribution in [0.15, 0.2) is 36.4 Å². The highest BCUT2D eigenvalue weighted by Gasteiger charge is 2.54. The van der Waals surface area contributed by atoms with Crippen molar-refractivity contribution < 1.29 is 28.9 Å². The van der Waals surface area contributed by atoms with E-state index < -0.39 is 34.7 Å². The van der Waals surface area contributed by atoms with Crippen LogP contribution in [0.25, 0.3) is 0 Å². The van der Waals surface area contributed by atoms with Gasteiger partial charge in [0.25, 0.3) is 17.5 Å². The number of fused-ring (bicyclic) bond motifs is 1. The molecule has 4 atom stereocenters. The Morgan fingerprint density at radius 1 is 1.07 bits per heavy atom. The molecule has 1 aliphatic heterocycles. The molecule has 1 unspecified atom stereocenters.